The molecular formula is C25H28N2O7. The highest BCUT2D eigenvalue weighted by molar-refractivity contribution is 5.85. The predicted molar refractivity (Wildman–Crippen MR) is 122 cm³/mol. The number of alkyl carbamates (subject to hydrolysis) is 1. The Morgan fingerprint density at radius 2 is 1.74 bits per heavy atom. The van der Waals surface area contributed by atoms with Crippen LogP contribution in [0.5, 0.6) is 0 Å². The average Bonchev–Trinajstić information content (AvgIpc) is 3.44. The predicted octanol–water partition coefficient (Wildman–Crippen LogP) is 2.15. The van der Waals surface area contributed by atoms with Crippen molar-refractivity contribution in [3.05, 3.63) is 59.7 Å². The maximum absolute atomic E-state index is 12.3. The summed E-state index contributed by atoms with van der Waals surface area (Å²) < 4.78 is 15.9. The largest absolute Gasteiger partial charge is 0.480 e. The molecule has 1 aliphatic carbocycles. The third-order valence-corrected chi connectivity index (χ3v) is 6.22. The lowest BCUT2D eigenvalue weighted by Crippen LogP contribution is -2.46. The molecule has 180 valence electrons. The van der Waals surface area contributed by atoms with Crippen LogP contribution in [-0.4, -0.2) is 68.7 Å². The number of nitrogens with one attached hydrogen (secondary N) is 2. The smallest absolute Gasteiger partial charge is 0.407 e. The molecule has 0 spiro atoms. The van der Waals surface area contributed by atoms with E-state index >= 15 is 0 Å². The fraction of sp³-hybridized carbons (Fsp3) is 0.400. The lowest BCUT2D eigenvalue weighted by molar-refractivity contribution is -0.144. The lowest BCUT2D eigenvalue weighted by atomic mass is 9.98. The summed E-state index contributed by atoms with van der Waals surface area (Å²) in [5, 5.41) is 14.3. The molecule has 9 nitrogen and oxygen atoms in total. The first-order chi connectivity index (χ1) is 16.5. The van der Waals surface area contributed by atoms with Crippen molar-refractivity contribution in [2.24, 2.45) is 5.92 Å². The molecule has 34 heavy (non-hydrogen) atoms. The molecular weight excluding hydrogens is 440 g/mol. The fourth-order valence-corrected chi connectivity index (χ4v) is 4.51. The number of carbonyl (C=O) groups excluding carboxylic acids is 2. The summed E-state index contributed by atoms with van der Waals surface area (Å²) in [6, 6.07) is 15.1. The van der Waals surface area contributed by atoms with E-state index < -0.39 is 29.9 Å². The van der Waals surface area contributed by atoms with Crippen molar-refractivity contribution in [1.82, 2.24) is 10.6 Å². The minimum atomic E-state index is -1.16. The second-order valence-corrected chi connectivity index (χ2v) is 8.45. The second kappa shape index (κ2) is 10.7. The van der Waals surface area contributed by atoms with Crippen molar-refractivity contribution in [3.63, 3.8) is 0 Å². The fourth-order valence-electron chi connectivity index (χ4n) is 4.51. The summed E-state index contributed by atoms with van der Waals surface area (Å²) in [4.78, 5) is 35.9. The Labute approximate surface area is 197 Å². The average molecular weight is 469 g/mol. The number of methoxy groups -OCH3 is 1. The SMILES string of the molecule is COCC(NC(=O)[C@@H]1CO[C@H](CNC(=O)OCC2c3ccccc3-c3ccccc32)C1)C(=O)O. The molecule has 0 bridgehead atoms. The summed E-state index contributed by atoms with van der Waals surface area (Å²) in [7, 11) is 1.37. The van der Waals surface area contributed by atoms with Crippen LogP contribution in [0.15, 0.2) is 48.5 Å². The Morgan fingerprint density at radius 3 is 2.35 bits per heavy atom. The lowest BCUT2D eigenvalue weighted by Gasteiger charge is -2.16. The van der Waals surface area contributed by atoms with E-state index in [9.17, 15) is 14.4 Å². The van der Waals surface area contributed by atoms with Gasteiger partial charge in [0, 0.05) is 19.6 Å². The molecule has 1 fully saturated rings. The molecule has 9 heteroatoms. The number of carboxylic acid groups (broad SMARTS) is 1. The van der Waals surface area contributed by atoms with Crippen molar-refractivity contribution >= 4 is 18.0 Å². The van der Waals surface area contributed by atoms with Crippen LogP contribution in [0.3, 0.4) is 0 Å². The Morgan fingerprint density at radius 1 is 1.09 bits per heavy atom. The second-order valence-electron chi connectivity index (χ2n) is 8.45. The van der Waals surface area contributed by atoms with Crippen LogP contribution >= 0.6 is 0 Å². The number of carbonyl (C=O) groups is 3. The first-order valence-corrected chi connectivity index (χ1v) is 11.2. The van der Waals surface area contributed by atoms with Crippen molar-refractivity contribution in [2.45, 2.75) is 24.5 Å². The quantitative estimate of drug-likeness (QED) is 0.515. The number of benzene rings is 2. The van der Waals surface area contributed by atoms with Gasteiger partial charge in [0.1, 0.15) is 6.61 Å². The van der Waals surface area contributed by atoms with E-state index in [-0.39, 0.29) is 38.4 Å². The number of ether oxygens (including phenoxy) is 3. The molecule has 2 aromatic carbocycles. The van der Waals surface area contributed by atoms with E-state index in [0.717, 1.165) is 22.3 Å². The highest BCUT2D eigenvalue weighted by atomic mass is 16.5. The number of aliphatic carboxylic acids is 1. The molecule has 3 atom stereocenters. The molecule has 3 N–H and O–H groups in total. The van der Waals surface area contributed by atoms with Crippen molar-refractivity contribution in [1.29, 1.82) is 0 Å². The minimum Gasteiger partial charge on any atom is -0.480 e. The van der Waals surface area contributed by atoms with E-state index in [2.05, 4.69) is 34.9 Å². The van der Waals surface area contributed by atoms with Gasteiger partial charge in [0.15, 0.2) is 6.04 Å². The van der Waals surface area contributed by atoms with E-state index in [1.807, 2.05) is 24.3 Å². The van der Waals surface area contributed by atoms with Gasteiger partial charge >= 0.3 is 12.1 Å². The minimum absolute atomic E-state index is 0.0248. The van der Waals surface area contributed by atoms with Gasteiger partial charge in [-0.2, -0.15) is 0 Å². The summed E-state index contributed by atoms with van der Waals surface area (Å²) in [5.74, 6) is -2.09. The van der Waals surface area contributed by atoms with E-state index in [0.29, 0.717) is 6.42 Å². The Balaban J connectivity index is 1.24. The van der Waals surface area contributed by atoms with Crippen LogP contribution in [0.4, 0.5) is 4.79 Å². The molecule has 0 aromatic heterocycles. The number of hydrogen-bond donors (Lipinski definition) is 3. The Kier molecular flexibility index (Phi) is 7.44. The van der Waals surface area contributed by atoms with Crippen LogP contribution < -0.4 is 10.6 Å². The number of rotatable bonds is 9. The zero-order chi connectivity index (χ0) is 24.1. The number of fused-ring (bicyclic) bond motifs is 3. The number of hydrogen-bond acceptors (Lipinski definition) is 6. The van der Waals surface area contributed by atoms with Gasteiger partial charge in [0.05, 0.1) is 25.2 Å². The van der Waals surface area contributed by atoms with Crippen LogP contribution in [0.25, 0.3) is 11.1 Å². The van der Waals surface area contributed by atoms with Gasteiger partial charge < -0.3 is 30.0 Å². The normalized spacial score (nSPS) is 19.7. The molecule has 1 unspecified atom stereocenters. The summed E-state index contributed by atoms with van der Waals surface area (Å²) in [6.07, 6.45) is -0.541. The van der Waals surface area contributed by atoms with E-state index in [1.165, 1.54) is 7.11 Å². The van der Waals surface area contributed by atoms with E-state index in [4.69, 9.17) is 19.3 Å². The molecule has 2 aromatic rings. The van der Waals surface area contributed by atoms with Crippen LogP contribution in [0.1, 0.15) is 23.5 Å². The maximum atomic E-state index is 12.3. The monoisotopic (exact) mass is 468 g/mol. The molecule has 0 saturated carbocycles. The Hall–Kier alpha value is -3.43. The molecule has 2 amide bonds. The van der Waals surface area contributed by atoms with Gasteiger partial charge in [-0.1, -0.05) is 48.5 Å². The Bertz CT molecular complexity index is 1010. The van der Waals surface area contributed by atoms with Crippen molar-refractivity contribution < 1.29 is 33.7 Å². The highest BCUT2D eigenvalue weighted by Crippen LogP contribution is 2.44. The number of carboxylic acids is 1. The highest BCUT2D eigenvalue weighted by Gasteiger charge is 2.33. The molecule has 4 rings (SSSR count). The van der Waals surface area contributed by atoms with Gasteiger partial charge in [-0.05, 0) is 28.7 Å². The maximum Gasteiger partial charge on any atom is 0.407 e. The molecule has 1 heterocycles. The van der Waals surface area contributed by atoms with Gasteiger partial charge in [-0.25, -0.2) is 9.59 Å². The standard InChI is InChI=1S/C25H28N2O7/c1-32-14-22(24(29)30)27-23(28)15-10-16(33-12-15)11-26-25(31)34-13-21-19-8-4-2-6-17(19)18-7-3-5-9-20(18)21/h2-9,15-16,21-22H,10-14H2,1H3,(H,26,31)(H,27,28)(H,29,30)/t15-,16-,22?/m0/s1. The number of amides is 2. The summed E-state index contributed by atoms with van der Waals surface area (Å²) in [5.41, 5.74) is 4.59. The topological polar surface area (TPSA) is 123 Å². The molecule has 2 aliphatic rings. The van der Waals surface area contributed by atoms with Gasteiger partial charge in [-0.15, -0.1) is 0 Å². The summed E-state index contributed by atoms with van der Waals surface area (Å²) >= 11 is 0. The van der Waals surface area contributed by atoms with Crippen LogP contribution in [0.2, 0.25) is 0 Å². The third kappa shape index (κ3) is 5.21. The van der Waals surface area contributed by atoms with Crippen molar-refractivity contribution in [3.8, 4) is 11.1 Å². The summed E-state index contributed by atoms with van der Waals surface area (Å²) in [6.45, 7) is 0.441. The van der Waals surface area contributed by atoms with Gasteiger partial charge in [0.25, 0.3) is 0 Å². The zero-order valence-corrected chi connectivity index (χ0v) is 18.9. The van der Waals surface area contributed by atoms with Crippen molar-refractivity contribution in [2.75, 3.05) is 33.5 Å². The molecule has 1 saturated heterocycles. The molecule has 0 radical (unpaired) electrons. The van der Waals surface area contributed by atoms with Crippen LogP contribution in [-0.2, 0) is 23.8 Å². The molecule has 1 aliphatic heterocycles. The first kappa shape index (κ1) is 23.7. The van der Waals surface area contributed by atoms with Gasteiger partial charge in [0.2, 0.25) is 5.91 Å². The first-order valence-electron chi connectivity index (χ1n) is 11.2. The third-order valence-electron chi connectivity index (χ3n) is 6.22. The van der Waals surface area contributed by atoms with Gasteiger partial charge in [-0.3, -0.25) is 4.79 Å². The zero-order valence-electron chi connectivity index (χ0n) is 18.9. The van der Waals surface area contributed by atoms with E-state index in [1.54, 1.807) is 0 Å². The van der Waals surface area contributed by atoms with Crippen LogP contribution in [0, 0.1) is 5.92 Å².